The van der Waals surface area contributed by atoms with Gasteiger partial charge in [0.1, 0.15) is 0 Å². The van der Waals surface area contributed by atoms with Gasteiger partial charge in [0.15, 0.2) is 0 Å². The van der Waals surface area contributed by atoms with Gasteiger partial charge in [0.05, 0.1) is 18.4 Å². The minimum absolute atomic E-state index is 0.0126. The lowest BCUT2D eigenvalue weighted by Gasteiger charge is -2.32. The zero-order valence-electron chi connectivity index (χ0n) is 12.5. The number of nitrogens with one attached hydrogen (secondary N) is 1. The molecule has 2 rings (SSSR count). The van der Waals surface area contributed by atoms with E-state index in [-0.39, 0.29) is 12.0 Å². The molecule has 0 saturated carbocycles. The second-order valence-corrected chi connectivity index (χ2v) is 5.55. The molecule has 1 fully saturated rings. The lowest BCUT2D eigenvalue weighted by Crippen LogP contribution is -2.46. The van der Waals surface area contributed by atoms with Crippen LogP contribution in [0.2, 0.25) is 0 Å². The highest BCUT2D eigenvalue weighted by Gasteiger charge is 2.21. The van der Waals surface area contributed by atoms with E-state index in [0.717, 1.165) is 25.3 Å². The fourth-order valence-corrected chi connectivity index (χ4v) is 2.28. The molecule has 1 amide bonds. The Balaban J connectivity index is 1.84. The van der Waals surface area contributed by atoms with Gasteiger partial charge in [0, 0.05) is 45.3 Å². The number of aromatic nitrogens is 2. The summed E-state index contributed by atoms with van der Waals surface area (Å²) in [6, 6.07) is 2.46. The molecule has 1 unspecified atom stereocenters. The van der Waals surface area contributed by atoms with Crippen molar-refractivity contribution in [2.45, 2.75) is 39.5 Å². The normalized spacial score (nSPS) is 20.3. The first-order valence-corrected chi connectivity index (χ1v) is 7.17. The molecule has 1 N–H and O–H groups in total. The van der Waals surface area contributed by atoms with Gasteiger partial charge in [-0.05, 0) is 19.9 Å². The topological polar surface area (TPSA) is 59.4 Å². The van der Waals surface area contributed by atoms with Crippen LogP contribution in [0.15, 0.2) is 12.3 Å². The second kappa shape index (κ2) is 6.85. The van der Waals surface area contributed by atoms with Gasteiger partial charge in [-0.1, -0.05) is 0 Å². The molecule has 1 aliphatic heterocycles. The summed E-state index contributed by atoms with van der Waals surface area (Å²) in [4.78, 5) is 13.3. The van der Waals surface area contributed by atoms with Crippen molar-refractivity contribution in [2.24, 2.45) is 0 Å². The molecule has 0 radical (unpaired) electrons. The number of amides is 1. The Hall–Kier alpha value is -1.40. The van der Waals surface area contributed by atoms with Crippen LogP contribution in [0.1, 0.15) is 32.5 Å². The van der Waals surface area contributed by atoms with Crippen molar-refractivity contribution >= 4 is 5.91 Å². The molecule has 1 aliphatic rings. The molecule has 0 aliphatic carbocycles. The number of ether oxygens (including phenoxy) is 1. The molecule has 20 heavy (non-hydrogen) atoms. The molecule has 1 saturated heterocycles. The van der Waals surface area contributed by atoms with Crippen molar-refractivity contribution in [3.05, 3.63) is 18.0 Å². The summed E-state index contributed by atoms with van der Waals surface area (Å²) in [6.45, 7) is 9.62. The van der Waals surface area contributed by atoms with Gasteiger partial charge in [-0.15, -0.1) is 0 Å². The molecule has 112 valence electrons. The average molecular weight is 280 g/mol. The number of rotatable bonds is 5. The lowest BCUT2D eigenvalue weighted by molar-refractivity contribution is -0.120. The summed E-state index contributed by atoms with van der Waals surface area (Å²) in [5.74, 6) is -0.0126. The number of carbonyl (C=O) groups is 1. The molecule has 6 nitrogen and oxygen atoms in total. The first-order valence-electron chi connectivity index (χ1n) is 7.17. The van der Waals surface area contributed by atoms with Crippen LogP contribution in [-0.4, -0.2) is 52.9 Å². The number of hydrogen-bond donors (Lipinski definition) is 1. The van der Waals surface area contributed by atoms with Gasteiger partial charge in [-0.2, -0.15) is 5.10 Å². The van der Waals surface area contributed by atoms with E-state index in [9.17, 15) is 4.79 Å². The van der Waals surface area contributed by atoms with Crippen molar-refractivity contribution < 1.29 is 9.53 Å². The third-order valence-electron chi connectivity index (χ3n) is 3.38. The van der Waals surface area contributed by atoms with Crippen molar-refractivity contribution in [1.29, 1.82) is 0 Å². The van der Waals surface area contributed by atoms with E-state index in [0.29, 0.717) is 19.2 Å². The molecular formula is C14H24N4O2. The highest BCUT2D eigenvalue weighted by molar-refractivity contribution is 5.72. The van der Waals surface area contributed by atoms with E-state index in [1.807, 2.05) is 10.9 Å². The van der Waals surface area contributed by atoms with Crippen LogP contribution < -0.4 is 5.32 Å². The highest BCUT2D eigenvalue weighted by atomic mass is 16.5. The van der Waals surface area contributed by atoms with E-state index >= 15 is 0 Å². The number of nitrogens with zero attached hydrogens (tertiary/aromatic N) is 3. The van der Waals surface area contributed by atoms with Crippen molar-refractivity contribution in [1.82, 2.24) is 20.0 Å². The van der Waals surface area contributed by atoms with Crippen LogP contribution in [0.5, 0.6) is 0 Å². The Morgan fingerprint density at radius 2 is 2.40 bits per heavy atom. The second-order valence-electron chi connectivity index (χ2n) is 5.55. The fourth-order valence-electron chi connectivity index (χ4n) is 2.28. The maximum Gasteiger partial charge on any atom is 0.216 e. The maximum absolute atomic E-state index is 10.9. The van der Waals surface area contributed by atoms with Crippen LogP contribution >= 0.6 is 0 Å². The van der Waals surface area contributed by atoms with Crippen LogP contribution in [0.3, 0.4) is 0 Å². The zero-order valence-corrected chi connectivity index (χ0v) is 12.5. The molecular weight excluding hydrogens is 256 g/mol. The summed E-state index contributed by atoms with van der Waals surface area (Å²) in [5, 5.41) is 7.38. The predicted octanol–water partition coefficient (Wildman–Crippen LogP) is 0.801. The first-order chi connectivity index (χ1) is 9.54. The smallest absolute Gasteiger partial charge is 0.216 e. The minimum atomic E-state index is -0.0126. The van der Waals surface area contributed by atoms with E-state index < -0.39 is 0 Å². The first kappa shape index (κ1) is 15.0. The lowest BCUT2D eigenvalue weighted by atomic mass is 10.2. The summed E-state index contributed by atoms with van der Waals surface area (Å²) < 4.78 is 7.63. The maximum atomic E-state index is 10.9. The van der Waals surface area contributed by atoms with Gasteiger partial charge in [-0.25, -0.2) is 0 Å². The predicted molar refractivity (Wildman–Crippen MR) is 76.3 cm³/mol. The largest absolute Gasteiger partial charge is 0.374 e. The third-order valence-corrected chi connectivity index (χ3v) is 3.38. The molecule has 1 aromatic rings. The Labute approximate surface area is 120 Å². The summed E-state index contributed by atoms with van der Waals surface area (Å²) >= 11 is 0. The van der Waals surface area contributed by atoms with Gasteiger partial charge >= 0.3 is 0 Å². The molecule has 2 heterocycles. The van der Waals surface area contributed by atoms with E-state index in [4.69, 9.17) is 4.74 Å². The van der Waals surface area contributed by atoms with Crippen LogP contribution in [0.4, 0.5) is 0 Å². The van der Waals surface area contributed by atoms with Crippen molar-refractivity contribution in [3.8, 4) is 0 Å². The van der Waals surface area contributed by atoms with E-state index in [1.165, 1.54) is 6.92 Å². The fraction of sp³-hybridized carbons (Fsp3) is 0.714. The zero-order chi connectivity index (χ0) is 14.5. The van der Waals surface area contributed by atoms with Gasteiger partial charge in [0.25, 0.3) is 0 Å². The number of morpholine rings is 1. The molecule has 0 spiro atoms. The summed E-state index contributed by atoms with van der Waals surface area (Å²) in [5.41, 5.74) is 1.08. The number of hydrogen-bond acceptors (Lipinski definition) is 4. The van der Waals surface area contributed by atoms with E-state index in [1.54, 1.807) is 0 Å². The van der Waals surface area contributed by atoms with Crippen molar-refractivity contribution in [3.63, 3.8) is 0 Å². The van der Waals surface area contributed by atoms with Crippen LogP contribution in [0.25, 0.3) is 0 Å². The quantitative estimate of drug-likeness (QED) is 0.867. The van der Waals surface area contributed by atoms with Gasteiger partial charge in [-0.3, -0.25) is 14.4 Å². The molecule has 6 heteroatoms. The Bertz CT molecular complexity index is 444. The minimum Gasteiger partial charge on any atom is -0.374 e. The molecule has 0 bridgehead atoms. The van der Waals surface area contributed by atoms with Crippen molar-refractivity contribution in [2.75, 3.05) is 26.2 Å². The molecule has 1 aromatic heterocycles. The summed E-state index contributed by atoms with van der Waals surface area (Å²) in [7, 11) is 0. The standard InChI is InChI=1S/C14H24N4O2/c1-11(2)18-5-4-13(16-18)9-17-6-7-20-14(10-17)8-15-12(3)19/h4-5,11,14H,6-10H2,1-3H3,(H,15,19). The van der Waals surface area contributed by atoms with Gasteiger partial charge in [0.2, 0.25) is 5.91 Å². The van der Waals surface area contributed by atoms with Crippen LogP contribution in [0, 0.1) is 0 Å². The molecule has 1 atom stereocenters. The number of carbonyl (C=O) groups excluding carboxylic acids is 1. The monoisotopic (exact) mass is 280 g/mol. The SMILES string of the molecule is CC(=O)NCC1CN(Cc2ccn(C(C)C)n2)CCO1. The molecule has 0 aromatic carbocycles. The Kier molecular flexibility index (Phi) is 5.14. The van der Waals surface area contributed by atoms with Gasteiger partial charge < -0.3 is 10.1 Å². The average Bonchev–Trinajstić information content (AvgIpc) is 2.85. The Morgan fingerprint density at radius 3 is 3.05 bits per heavy atom. The summed E-state index contributed by atoms with van der Waals surface area (Å²) in [6.07, 6.45) is 2.09. The van der Waals surface area contributed by atoms with Crippen LogP contribution in [-0.2, 0) is 16.1 Å². The highest BCUT2D eigenvalue weighted by Crippen LogP contribution is 2.10. The third kappa shape index (κ3) is 4.31. The van der Waals surface area contributed by atoms with E-state index in [2.05, 4.69) is 35.2 Å². The Morgan fingerprint density at radius 1 is 1.60 bits per heavy atom.